The molecule has 0 bridgehead atoms. The van der Waals surface area contributed by atoms with Crippen LogP contribution < -0.4 is 0 Å². The first kappa shape index (κ1) is 14.9. The number of hydrogen-bond acceptors (Lipinski definition) is 3. The smallest absolute Gasteiger partial charge is 0.226 e. The molecule has 0 aromatic carbocycles. The average molecular weight is 307 g/mol. The third kappa shape index (κ3) is 2.92. The summed E-state index contributed by atoms with van der Waals surface area (Å²) in [5.74, 6) is 2.04. The third-order valence-electron chi connectivity index (χ3n) is 6.19. The number of carbonyl (C=O) groups is 1. The minimum absolute atomic E-state index is 0.0909. The summed E-state index contributed by atoms with van der Waals surface area (Å²) in [5.41, 5.74) is -0.0909. The molecule has 0 unspecified atom stereocenters. The maximum atomic E-state index is 12.2. The monoisotopic (exact) mass is 307 g/mol. The van der Waals surface area contributed by atoms with E-state index in [1.165, 1.54) is 25.7 Å². The average Bonchev–Trinajstić information content (AvgIpc) is 3.00. The van der Waals surface area contributed by atoms with Crippen molar-refractivity contribution in [3.63, 3.8) is 0 Å². The van der Waals surface area contributed by atoms with E-state index in [0.717, 1.165) is 51.5 Å². The van der Waals surface area contributed by atoms with Crippen molar-refractivity contribution >= 4 is 5.91 Å². The summed E-state index contributed by atoms with van der Waals surface area (Å²) >= 11 is 0. The van der Waals surface area contributed by atoms with Crippen LogP contribution in [0.5, 0.6) is 0 Å². The van der Waals surface area contributed by atoms with Gasteiger partial charge in [0.25, 0.3) is 0 Å². The second kappa shape index (κ2) is 5.79. The highest BCUT2D eigenvalue weighted by Gasteiger charge is 2.53. The topological polar surface area (TPSA) is 38.8 Å². The van der Waals surface area contributed by atoms with E-state index in [1.807, 2.05) is 4.90 Å². The Kier molecular flexibility index (Phi) is 3.93. The molecule has 0 aromatic heterocycles. The summed E-state index contributed by atoms with van der Waals surface area (Å²) in [4.78, 5) is 14.3. The lowest BCUT2D eigenvalue weighted by molar-refractivity contribution is -0.203. The lowest BCUT2D eigenvalue weighted by atomic mass is 9.84. The fourth-order valence-electron chi connectivity index (χ4n) is 4.50. The van der Waals surface area contributed by atoms with Crippen LogP contribution in [0.2, 0.25) is 0 Å². The lowest BCUT2D eigenvalue weighted by Gasteiger charge is -2.53. The summed E-state index contributed by atoms with van der Waals surface area (Å²) in [6.07, 6.45) is 8.85. The van der Waals surface area contributed by atoms with Crippen molar-refractivity contribution in [2.24, 2.45) is 17.8 Å². The molecule has 4 nitrogen and oxygen atoms in total. The van der Waals surface area contributed by atoms with Crippen LogP contribution in [0.25, 0.3) is 0 Å². The number of carbonyl (C=O) groups excluding carboxylic acids is 1. The van der Waals surface area contributed by atoms with Crippen molar-refractivity contribution in [3.05, 3.63) is 0 Å². The van der Waals surface area contributed by atoms with Gasteiger partial charge in [-0.2, -0.15) is 0 Å². The van der Waals surface area contributed by atoms with Gasteiger partial charge in [0.15, 0.2) is 0 Å². The minimum Gasteiger partial charge on any atom is -0.378 e. The summed E-state index contributed by atoms with van der Waals surface area (Å²) < 4.78 is 12.2. The molecule has 2 saturated carbocycles. The van der Waals surface area contributed by atoms with Crippen LogP contribution in [0.15, 0.2) is 0 Å². The van der Waals surface area contributed by atoms with Crippen molar-refractivity contribution < 1.29 is 14.3 Å². The van der Waals surface area contributed by atoms with Gasteiger partial charge in [-0.1, -0.05) is 19.8 Å². The van der Waals surface area contributed by atoms with Crippen molar-refractivity contribution in [2.75, 3.05) is 26.3 Å². The van der Waals surface area contributed by atoms with Gasteiger partial charge < -0.3 is 14.4 Å². The van der Waals surface area contributed by atoms with Crippen molar-refractivity contribution in [1.82, 2.24) is 4.90 Å². The number of amides is 1. The van der Waals surface area contributed by atoms with Gasteiger partial charge in [0.1, 0.15) is 5.60 Å². The van der Waals surface area contributed by atoms with E-state index in [4.69, 9.17) is 9.47 Å². The molecule has 4 rings (SSSR count). The first-order valence-corrected chi connectivity index (χ1v) is 9.20. The van der Waals surface area contributed by atoms with Crippen LogP contribution in [0.1, 0.15) is 51.9 Å². The van der Waals surface area contributed by atoms with Crippen molar-refractivity contribution in [1.29, 1.82) is 0 Å². The van der Waals surface area contributed by atoms with Gasteiger partial charge in [-0.3, -0.25) is 4.79 Å². The van der Waals surface area contributed by atoms with Crippen molar-refractivity contribution in [2.45, 2.75) is 63.6 Å². The Hall–Kier alpha value is -0.610. The van der Waals surface area contributed by atoms with Gasteiger partial charge in [0.2, 0.25) is 5.91 Å². The highest BCUT2D eigenvalue weighted by Crippen LogP contribution is 2.43. The second-order valence-corrected chi connectivity index (χ2v) is 8.14. The molecule has 124 valence electrons. The Balaban J connectivity index is 1.24. The quantitative estimate of drug-likeness (QED) is 0.801. The molecule has 4 heteroatoms. The summed E-state index contributed by atoms with van der Waals surface area (Å²) in [6.45, 7) is 5.47. The standard InChI is InChI=1S/C18H29NO3/c1-13-8-16(13)17(20)19-11-18(12-19)9-15(6-7-22-18)21-10-14-4-2-3-5-14/h13-16H,2-12H2,1H3/t13-,15-,16+/m1/s1. The maximum Gasteiger partial charge on any atom is 0.226 e. The number of rotatable bonds is 4. The predicted molar refractivity (Wildman–Crippen MR) is 83.5 cm³/mol. The summed E-state index contributed by atoms with van der Waals surface area (Å²) in [7, 11) is 0. The largest absolute Gasteiger partial charge is 0.378 e. The van der Waals surface area contributed by atoms with Crippen LogP contribution >= 0.6 is 0 Å². The second-order valence-electron chi connectivity index (χ2n) is 8.14. The summed E-state index contributed by atoms with van der Waals surface area (Å²) in [6, 6.07) is 0. The SMILES string of the molecule is C[C@@H]1C[C@@H]1C(=O)N1CC2(C[C@H](OCC3CCCC3)CCO2)C1. The van der Waals surface area contributed by atoms with Crippen LogP contribution in [0.4, 0.5) is 0 Å². The normalized spacial score (nSPS) is 37.3. The first-order valence-electron chi connectivity index (χ1n) is 9.20. The molecule has 3 atom stereocenters. The van der Waals surface area contributed by atoms with Gasteiger partial charge in [-0.25, -0.2) is 0 Å². The Morgan fingerprint density at radius 3 is 2.68 bits per heavy atom. The Morgan fingerprint density at radius 2 is 2.00 bits per heavy atom. The summed E-state index contributed by atoms with van der Waals surface area (Å²) in [5, 5.41) is 0. The molecule has 2 aliphatic carbocycles. The Bertz CT molecular complexity index is 426. The molecule has 0 N–H and O–H groups in total. The molecule has 1 amide bonds. The predicted octanol–water partition coefficient (Wildman–Crippen LogP) is 2.61. The van der Waals surface area contributed by atoms with Crippen LogP contribution in [0.3, 0.4) is 0 Å². The minimum atomic E-state index is -0.0909. The molecule has 2 saturated heterocycles. The van der Waals surface area contributed by atoms with E-state index in [-0.39, 0.29) is 5.60 Å². The lowest BCUT2D eigenvalue weighted by Crippen LogP contribution is -2.67. The molecule has 2 heterocycles. The van der Waals surface area contributed by atoms with E-state index < -0.39 is 0 Å². The van der Waals surface area contributed by atoms with Gasteiger partial charge in [0.05, 0.1) is 19.2 Å². The van der Waals surface area contributed by atoms with Crippen LogP contribution in [0, 0.1) is 17.8 Å². The zero-order valence-corrected chi connectivity index (χ0v) is 13.8. The third-order valence-corrected chi connectivity index (χ3v) is 6.19. The highest BCUT2D eigenvalue weighted by molar-refractivity contribution is 5.82. The van der Waals surface area contributed by atoms with Crippen molar-refractivity contribution in [3.8, 4) is 0 Å². The first-order chi connectivity index (χ1) is 10.7. The number of nitrogens with zero attached hydrogens (tertiary/aromatic N) is 1. The van der Waals surface area contributed by atoms with E-state index in [2.05, 4.69) is 6.92 Å². The molecular formula is C18H29NO3. The van der Waals surface area contributed by atoms with Gasteiger partial charge in [-0.05, 0) is 37.5 Å². The van der Waals surface area contributed by atoms with Gasteiger partial charge >= 0.3 is 0 Å². The highest BCUT2D eigenvalue weighted by atomic mass is 16.5. The van der Waals surface area contributed by atoms with E-state index in [0.29, 0.717) is 23.8 Å². The zero-order chi connectivity index (χ0) is 15.2. The molecule has 1 spiro atoms. The Morgan fingerprint density at radius 1 is 1.27 bits per heavy atom. The van der Waals surface area contributed by atoms with Gasteiger partial charge in [-0.15, -0.1) is 0 Å². The molecule has 0 aromatic rings. The molecule has 0 radical (unpaired) electrons. The van der Waals surface area contributed by atoms with Crippen LogP contribution in [-0.4, -0.2) is 48.8 Å². The number of likely N-dealkylation sites (tertiary alicyclic amines) is 1. The molecular weight excluding hydrogens is 278 g/mol. The van der Waals surface area contributed by atoms with E-state index >= 15 is 0 Å². The molecule has 4 aliphatic rings. The fourth-order valence-corrected chi connectivity index (χ4v) is 4.50. The molecule has 4 fully saturated rings. The number of ether oxygens (including phenoxy) is 2. The molecule has 2 aliphatic heterocycles. The Labute approximate surface area is 133 Å². The van der Waals surface area contributed by atoms with Crippen LogP contribution in [-0.2, 0) is 14.3 Å². The maximum absolute atomic E-state index is 12.2. The van der Waals surface area contributed by atoms with Gasteiger partial charge in [0, 0.05) is 25.6 Å². The van der Waals surface area contributed by atoms with E-state index in [9.17, 15) is 4.79 Å². The number of hydrogen-bond donors (Lipinski definition) is 0. The zero-order valence-electron chi connectivity index (χ0n) is 13.8. The molecule has 22 heavy (non-hydrogen) atoms. The fraction of sp³-hybridized carbons (Fsp3) is 0.944. The van der Waals surface area contributed by atoms with E-state index in [1.54, 1.807) is 0 Å².